The molecule has 1 heterocycles. The Kier molecular flexibility index (Phi) is 7.66. The first-order chi connectivity index (χ1) is 14.4. The van der Waals surface area contributed by atoms with Gasteiger partial charge >= 0.3 is 0 Å². The molecule has 1 fully saturated rings. The Bertz CT molecular complexity index is 919. The summed E-state index contributed by atoms with van der Waals surface area (Å²) < 4.78 is 5.68. The van der Waals surface area contributed by atoms with Crippen LogP contribution in [-0.4, -0.2) is 42.5 Å². The predicted molar refractivity (Wildman–Crippen MR) is 121 cm³/mol. The number of carbonyl (C=O) groups excluding carboxylic acids is 2. The first-order valence-electron chi connectivity index (χ1n) is 10.1. The Hall–Kier alpha value is -2.63. The van der Waals surface area contributed by atoms with Gasteiger partial charge in [-0.05, 0) is 67.7 Å². The molecule has 0 aliphatic carbocycles. The van der Waals surface area contributed by atoms with Gasteiger partial charge in [0.2, 0.25) is 11.8 Å². The van der Waals surface area contributed by atoms with Gasteiger partial charge in [0.25, 0.3) is 0 Å². The highest BCUT2D eigenvalue weighted by atomic mass is 35.5. The second-order valence-electron chi connectivity index (χ2n) is 7.53. The molecule has 1 N–H and O–H groups in total. The van der Waals surface area contributed by atoms with E-state index in [4.69, 9.17) is 16.3 Å². The van der Waals surface area contributed by atoms with E-state index >= 15 is 0 Å². The van der Waals surface area contributed by atoms with E-state index in [1.54, 1.807) is 23.1 Å². The molecule has 0 bridgehead atoms. The van der Waals surface area contributed by atoms with Crippen LogP contribution in [-0.2, 0) is 14.3 Å². The molecule has 0 saturated carbocycles. The molecule has 2 aromatic rings. The molecule has 0 spiro atoms. The van der Waals surface area contributed by atoms with Crippen LogP contribution >= 0.6 is 11.6 Å². The molecule has 1 aliphatic heterocycles. The lowest BCUT2D eigenvalue weighted by atomic mass is 10.1. The number of nitrogens with one attached hydrogen (secondary N) is 1. The summed E-state index contributed by atoms with van der Waals surface area (Å²) in [5, 5.41) is 3.57. The summed E-state index contributed by atoms with van der Waals surface area (Å²) in [6, 6.07) is 13.0. The molecule has 1 saturated heterocycles. The maximum Gasteiger partial charge on any atom is 0.247 e. The third kappa shape index (κ3) is 6.18. The average molecular weight is 427 g/mol. The fourth-order valence-electron chi connectivity index (χ4n) is 3.36. The van der Waals surface area contributed by atoms with E-state index in [0.717, 1.165) is 35.2 Å². The summed E-state index contributed by atoms with van der Waals surface area (Å²) >= 11 is 5.91. The van der Waals surface area contributed by atoms with Gasteiger partial charge in [-0.25, -0.2) is 0 Å². The van der Waals surface area contributed by atoms with Gasteiger partial charge in [0.15, 0.2) is 0 Å². The molecule has 158 valence electrons. The van der Waals surface area contributed by atoms with Crippen molar-refractivity contribution in [1.29, 1.82) is 0 Å². The molecule has 2 aromatic carbocycles. The van der Waals surface area contributed by atoms with Crippen molar-refractivity contribution in [3.8, 4) is 0 Å². The summed E-state index contributed by atoms with van der Waals surface area (Å²) in [6.45, 7) is 5.03. The molecule has 0 unspecified atom stereocenters. The van der Waals surface area contributed by atoms with Crippen LogP contribution in [0.5, 0.6) is 0 Å². The molecule has 0 radical (unpaired) electrons. The molecule has 0 aromatic heterocycles. The lowest BCUT2D eigenvalue weighted by Crippen LogP contribution is -2.41. The topological polar surface area (TPSA) is 58.6 Å². The average Bonchev–Trinajstić information content (AvgIpc) is 3.23. The number of hydrogen-bond acceptors (Lipinski definition) is 3. The number of hydrogen-bond donors (Lipinski definition) is 1. The van der Waals surface area contributed by atoms with Crippen LogP contribution in [0.3, 0.4) is 0 Å². The smallest absolute Gasteiger partial charge is 0.247 e. The van der Waals surface area contributed by atoms with Crippen molar-refractivity contribution >= 4 is 35.2 Å². The SMILES string of the molecule is Cc1cccc(NC(=O)CN(C[C@@H]2CCCO2)C(=O)/C=C/c2ccc(Cl)cc2)c1C. The third-order valence-corrected chi connectivity index (χ3v) is 5.51. The Morgan fingerprint density at radius 2 is 1.97 bits per heavy atom. The van der Waals surface area contributed by atoms with Crippen molar-refractivity contribution in [3.05, 3.63) is 70.3 Å². The van der Waals surface area contributed by atoms with E-state index in [1.807, 2.05) is 44.2 Å². The zero-order chi connectivity index (χ0) is 21.5. The summed E-state index contributed by atoms with van der Waals surface area (Å²) in [4.78, 5) is 27.1. The van der Waals surface area contributed by atoms with Crippen LogP contribution in [0.25, 0.3) is 6.08 Å². The Morgan fingerprint density at radius 1 is 1.20 bits per heavy atom. The van der Waals surface area contributed by atoms with Crippen LogP contribution in [0.4, 0.5) is 5.69 Å². The maximum atomic E-state index is 12.9. The summed E-state index contributed by atoms with van der Waals surface area (Å²) in [7, 11) is 0. The summed E-state index contributed by atoms with van der Waals surface area (Å²) in [6.07, 6.45) is 5.05. The standard InChI is InChI=1S/C24H27ClN2O3/c1-17-5-3-7-22(18(17)2)26-23(28)16-27(15-21-6-4-14-30-21)24(29)13-10-19-8-11-20(25)12-9-19/h3,5,7-13,21H,4,6,14-16H2,1-2H3,(H,26,28)/b13-10+/t21-/m0/s1. The number of halogens is 1. The lowest BCUT2D eigenvalue weighted by Gasteiger charge is -2.24. The van der Waals surface area contributed by atoms with Crippen molar-refractivity contribution in [3.63, 3.8) is 0 Å². The number of carbonyl (C=O) groups is 2. The number of benzene rings is 2. The van der Waals surface area contributed by atoms with Crippen molar-refractivity contribution < 1.29 is 14.3 Å². The zero-order valence-electron chi connectivity index (χ0n) is 17.4. The highest BCUT2D eigenvalue weighted by Crippen LogP contribution is 2.19. The van der Waals surface area contributed by atoms with Crippen LogP contribution in [0.15, 0.2) is 48.5 Å². The summed E-state index contributed by atoms with van der Waals surface area (Å²) in [5.41, 5.74) is 3.75. The minimum atomic E-state index is -0.227. The number of amides is 2. The second-order valence-corrected chi connectivity index (χ2v) is 7.97. The number of rotatable bonds is 7. The Labute approximate surface area is 182 Å². The van der Waals surface area contributed by atoms with Gasteiger partial charge in [0.1, 0.15) is 6.54 Å². The number of aryl methyl sites for hydroxylation is 1. The molecule has 1 aliphatic rings. The van der Waals surface area contributed by atoms with E-state index in [-0.39, 0.29) is 24.5 Å². The maximum absolute atomic E-state index is 12.9. The number of ether oxygens (including phenoxy) is 1. The molecule has 6 heteroatoms. The first-order valence-corrected chi connectivity index (χ1v) is 10.5. The van der Waals surface area contributed by atoms with Crippen LogP contribution in [0.1, 0.15) is 29.5 Å². The molecule has 30 heavy (non-hydrogen) atoms. The largest absolute Gasteiger partial charge is 0.376 e. The molecule has 2 amide bonds. The predicted octanol–water partition coefficient (Wildman–Crippen LogP) is 4.62. The van der Waals surface area contributed by atoms with Crippen molar-refractivity contribution in [2.75, 3.05) is 25.0 Å². The molecule has 1 atom stereocenters. The van der Waals surface area contributed by atoms with Gasteiger partial charge < -0.3 is 15.0 Å². The van der Waals surface area contributed by atoms with E-state index in [9.17, 15) is 9.59 Å². The highest BCUT2D eigenvalue weighted by molar-refractivity contribution is 6.30. The third-order valence-electron chi connectivity index (χ3n) is 5.26. The van der Waals surface area contributed by atoms with E-state index in [1.165, 1.54) is 6.08 Å². The van der Waals surface area contributed by atoms with Crippen molar-refractivity contribution in [1.82, 2.24) is 4.90 Å². The van der Waals surface area contributed by atoms with E-state index < -0.39 is 0 Å². The van der Waals surface area contributed by atoms with E-state index in [2.05, 4.69) is 5.32 Å². The van der Waals surface area contributed by atoms with Gasteiger partial charge in [-0.15, -0.1) is 0 Å². The van der Waals surface area contributed by atoms with E-state index in [0.29, 0.717) is 18.2 Å². The van der Waals surface area contributed by atoms with Gasteiger partial charge in [-0.3, -0.25) is 9.59 Å². The van der Waals surface area contributed by atoms with Crippen molar-refractivity contribution in [2.45, 2.75) is 32.8 Å². The van der Waals surface area contributed by atoms with Gasteiger partial charge in [-0.1, -0.05) is 35.9 Å². The van der Waals surface area contributed by atoms with Crippen LogP contribution in [0, 0.1) is 13.8 Å². The monoisotopic (exact) mass is 426 g/mol. The number of anilines is 1. The van der Waals surface area contributed by atoms with Crippen molar-refractivity contribution in [2.24, 2.45) is 0 Å². The highest BCUT2D eigenvalue weighted by Gasteiger charge is 2.23. The summed E-state index contributed by atoms with van der Waals surface area (Å²) in [5.74, 6) is -0.452. The molecule has 5 nitrogen and oxygen atoms in total. The van der Waals surface area contributed by atoms with Gasteiger partial charge in [0.05, 0.1) is 6.10 Å². The second kappa shape index (κ2) is 10.4. The minimum Gasteiger partial charge on any atom is -0.376 e. The van der Waals surface area contributed by atoms with Gasteiger partial charge in [-0.2, -0.15) is 0 Å². The molecular weight excluding hydrogens is 400 g/mol. The quantitative estimate of drug-likeness (QED) is 0.657. The first kappa shape index (κ1) is 22.1. The number of nitrogens with zero attached hydrogens (tertiary/aromatic N) is 1. The fourth-order valence-corrected chi connectivity index (χ4v) is 3.49. The fraction of sp³-hybridized carbons (Fsp3) is 0.333. The Balaban J connectivity index is 1.69. The molecular formula is C24H27ClN2O3. The normalized spacial score (nSPS) is 16.0. The van der Waals surface area contributed by atoms with Crippen LogP contribution < -0.4 is 5.32 Å². The van der Waals surface area contributed by atoms with Gasteiger partial charge in [0, 0.05) is 29.9 Å². The zero-order valence-corrected chi connectivity index (χ0v) is 18.1. The van der Waals surface area contributed by atoms with Crippen LogP contribution in [0.2, 0.25) is 5.02 Å². The Morgan fingerprint density at radius 3 is 2.67 bits per heavy atom. The molecule has 3 rings (SSSR count). The lowest BCUT2D eigenvalue weighted by molar-refractivity contribution is -0.131. The minimum absolute atomic E-state index is 0.0307.